The number of carboxylic acid groups (broad SMARTS) is 1. The molecular formula is C12H24N2O3. The number of carbonyl (C=O) groups is 2. The molecule has 0 saturated heterocycles. The molecule has 1 unspecified atom stereocenters. The Kier molecular flexibility index (Phi) is 5.45. The van der Waals surface area contributed by atoms with Gasteiger partial charge in [-0.05, 0) is 33.1 Å². The van der Waals surface area contributed by atoms with Crippen LogP contribution in [-0.2, 0) is 4.79 Å². The second-order valence-corrected chi connectivity index (χ2v) is 5.40. The third kappa shape index (κ3) is 4.63. The highest BCUT2D eigenvalue weighted by Gasteiger charge is 2.35. The summed E-state index contributed by atoms with van der Waals surface area (Å²) < 4.78 is 0. The van der Waals surface area contributed by atoms with Gasteiger partial charge in [-0.1, -0.05) is 13.8 Å². The molecule has 5 nitrogen and oxygen atoms in total. The molecule has 0 aromatic rings. The molecule has 0 heterocycles. The minimum Gasteiger partial charge on any atom is -0.480 e. The summed E-state index contributed by atoms with van der Waals surface area (Å²) in [5.74, 6) is -0.533. The molecule has 0 radical (unpaired) electrons. The van der Waals surface area contributed by atoms with Crippen LogP contribution in [0.5, 0.6) is 0 Å². The molecule has 0 aromatic heterocycles. The van der Waals surface area contributed by atoms with Crippen molar-refractivity contribution >= 4 is 12.0 Å². The van der Waals surface area contributed by atoms with E-state index in [2.05, 4.69) is 19.2 Å². The lowest BCUT2D eigenvalue weighted by molar-refractivity contribution is -0.146. The summed E-state index contributed by atoms with van der Waals surface area (Å²) >= 11 is 0. The summed E-state index contributed by atoms with van der Waals surface area (Å²) in [5, 5.41) is 11.8. The summed E-state index contributed by atoms with van der Waals surface area (Å²) in [7, 11) is 1.49. The Morgan fingerprint density at radius 3 is 2.12 bits per heavy atom. The monoisotopic (exact) mass is 244 g/mol. The molecule has 0 bridgehead atoms. The third-order valence-electron chi connectivity index (χ3n) is 2.86. The van der Waals surface area contributed by atoms with Crippen LogP contribution in [0.1, 0.15) is 41.0 Å². The van der Waals surface area contributed by atoms with Crippen LogP contribution in [0, 0.1) is 5.92 Å². The minimum atomic E-state index is -1.21. The highest BCUT2D eigenvalue weighted by molar-refractivity contribution is 5.85. The van der Waals surface area contributed by atoms with Gasteiger partial charge in [0.05, 0.1) is 0 Å². The van der Waals surface area contributed by atoms with E-state index in [1.54, 1.807) is 0 Å². The van der Waals surface area contributed by atoms with Gasteiger partial charge in [-0.3, -0.25) is 0 Å². The first-order valence-electron chi connectivity index (χ1n) is 5.86. The number of nitrogens with one attached hydrogen (secondary N) is 1. The first-order valence-corrected chi connectivity index (χ1v) is 5.86. The molecule has 1 atom stereocenters. The Morgan fingerprint density at radius 1 is 1.29 bits per heavy atom. The lowest BCUT2D eigenvalue weighted by Crippen LogP contribution is -2.55. The standard InChI is InChI=1S/C12H24N2O3/c1-8(2)7-9(3)13-11(17)14(6)12(4,5)10(15)16/h8-9H,7H2,1-6H3,(H,13,17)(H,15,16). The largest absolute Gasteiger partial charge is 0.480 e. The average molecular weight is 244 g/mol. The van der Waals surface area contributed by atoms with Crippen LogP contribution in [0.4, 0.5) is 4.79 Å². The number of hydrogen-bond acceptors (Lipinski definition) is 2. The normalized spacial score (nSPS) is 13.4. The maximum atomic E-state index is 11.8. The fourth-order valence-electron chi connectivity index (χ4n) is 1.47. The number of nitrogens with zero attached hydrogens (tertiary/aromatic N) is 1. The van der Waals surface area contributed by atoms with Crippen molar-refractivity contribution in [1.82, 2.24) is 10.2 Å². The van der Waals surface area contributed by atoms with Gasteiger partial charge < -0.3 is 15.3 Å². The van der Waals surface area contributed by atoms with Gasteiger partial charge in [0.2, 0.25) is 0 Å². The van der Waals surface area contributed by atoms with Crippen LogP contribution in [0.15, 0.2) is 0 Å². The third-order valence-corrected chi connectivity index (χ3v) is 2.86. The van der Waals surface area contributed by atoms with Crippen molar-refractivity contribution in [3.05, 3.63) is 0 Å². The number of urea groups is 1. The summed E-state index contributed by atoms with van der Waals surface area (Å²) in [6.45, 7) is 9.07. The molecule has 0 aromatic carbocycles. The van der Waals surface area contributed by atoms with Gasteiger partial charge in [0.15, 0.2) is 0 Å². The van der Waals surface area contributed by atoms with Crippen molar-refractivity contribution in [3.63, 3.8) is 0 Å². The molecule has 2 amide bonds. The van der Waals surface area contributed by atoms with E-state index in [1.807, 2.05) is 6.92 Å². The fourth-order valence-corrected chi connectivity index (χ4v) is 1.47. The zero-order valence-corrected chi connectivity index (χ0v) is 11.6. The summed E-state index contributed by atoms with van der Waals surface area (Å²) in [4.78, 5) is 24.1. The van der Waals surface area contributed by atoms with E-state index in [-0.39, 0.29) is 12.1 Å². The lowest BCUT2D eigenvalue weighted by atomic mass is 10.0. The van der Waals surface area contributed by atoms with Crippen LogP contribution in [0.25, 0.3) is 0 Å². The molecule has 0 aliphatic heterocycles. The molecule has 0 saturated carbocycles. The first-order chi connectivity index (χ1) is 7.59. The van der Waals surface area contributed by atoms with Crippen LogP contribution in [0.2, 0.25) is 0 Å². The number of carbonyl (C=O) groups excluding carboxylic acids is 1. The first kappa shape index (κ1) is 15.7. The summed E-state index contributed by atoms with van der Waals surface area (Å²) in [5.41, 5.74) is -1.21. The molecule has 5 heteroatoms. The minimum absolute atomic E-state index is 0.0366. The molecule has 17 heavy (non-hydrogen) atoms. The molecule has 0 aliphatic carbocycles. The SMILES string of the molecule is CC(C)CC(C)NC(=O)N(C)C(C)(C)C(=O)O. The highest BCUT2D eigenvalue weighted by Crippen LogP contribution is 2.13. The lowest BCUT2D eigenvalue weighted by Gasteiger charge is -2.32. The maximum absolute atomic E-state index is 11.8. The van der Waals surface area contributed by atoms with E-state index in [4.69, 9.17) is 5.11 Å². The van der Waals surface area contributed by atoms with Gasteiger partial charge in [-0.25, -0.2) is 9.59 Å². The van der Waals surface area contributed by atoms with E-state index >= 15 is 0 Å². The van der Waals surface area contributed by atoms with Crippen molar-refractivity contribution in [2.24, 2.45) is 5.92 Å². The van der Waals surface area contributed by atoms with Crippen LogP contribution in [-0.4, -0.2) is 40.6 Å². The van der Waals surface area contributed by atoms with Crippen molar-refractivity contribution in [1.29, 1.82) is 0 Å². The summed E-state index contributed by atoms with van der Waals surface area (Å²) in [6.07, 6.45) is 0.868. The van der Waals surface area contributed by atoms with Crippen molar-refractivity contribution < 1.29 is 14.7 Å². The second-order valence-electron chi connectivity index (χ2n) is 5.40. The van der Waals surface area contributed by atoms with Crippen molar-refractivity contribution in [2.45, 2.75) is 52.6 Å². The topological polar surface area (TPSA) is 69.6 Å². The number of amides is 2. The van der Waals surface area contributed by atoms with Crippen molar-refractivity contribution in [2.75, 3.05) is 7.05 Å². The molecule has 0 fully saturated rings. The smallest absolute Gasteiger partial charge is 0.329 e. The molecule has 0 spiro atoms. The van der Waals surface area contributed by atoms with Gasteiger partial charge in [0.1, 0.15) is 5.54 Å². The molecule has 0 aliphatic rings. The number of carboxylic acids is 1. The van der Waals surface area contributed by atoms with Gasteiger partial charge >= 0.3 is 12.0 Å². The number of likely N-dealkylation sites (N-methyl/N-ethyl adjacent to an activating group) is 1. The Bertz CT molecular complexity index is 287. The van der Waals surface area contributed by atoms with E-state index < -0.39 is 11.5 Å². The van der Waals surface area contributed by atoms with E-state index in [9.17, 15) is 9.59 Å². The average Bonchev–Trinajstić information content (AvgIpc) is 2.14. The Balaban J connectivity index is 4.47. The van der Waals surface area contributed by atoms with Crippen LogP contribution >= 0.6 is 0 Å². The predicted molar refractivity (Wildman–Crippen MR) is 66.9 cm³/mol. The second kappa shape index (κ2) is 5.89. The highest BCUT2D eigenvalue weighted by atomic mass is 16.4. The molecule has 100 valence electrons. The fraction of sp³-hybridized carbons (Fsp3) is 0.833. The number of hydrogen-bond donors (Lipinski definition) is 2. The summed E-state index contributed by atoms with van der Waals surface area (Å²) in [6, 6.07) is -0.319. The number of aliphatic carboxylic acids is 1. The van der Waals surface area contributed by atoms with Gasteiger partial charge in [0.25, 0.3) is 0 Å². The molecule has 0 rings (SSSR count). The van der Waals surface area contributed by atoms with E-state index in [1.165, 1.54) is 25.8 Å². The molecular weight excluding hydrogens is 220 g/mol. The van der Waals surface area contributed by atoms with E-state index in [0.717, 1.165) is 6.42 Å². The van der Waals surface area contributed by atoms with Crippen LogP contribution < -0.4 is 5.32 Å². The Morgan fingerprint density at radius 2 is 1.76 bits per heavy atom. The van der Waals surface area contributed by atoms with Gasteiger partial charge in [0, 0.05) is 13.1 Å². The van der Waals surface area contributed by atoms with E-state index in [0.29, 0.717) is 5.92 Å². The van der Waals surface area contributed by atoms with Gasteiger partial charge in [-0.15, -0.1) is 0 Å². The maximum Gasteiger partial charge on any atom is 0.329 e. The zero-order chi connectivity index (χ0) is 13.8. The number of rotatable bonds is 5. The molecule has 2 N–H and O–H groups in total. The quantitative estimate of drug-likeness (QED) is 0.776. The zero-order valence-electron chi connectivity index (χ0n) is 11.6. The predicted octanol–water partition coefficient (Wildman–Crippen LogP) is 1.93. The van der Waals surface area contributed by atoms with Crippen molar-refractivity contribution in [3.8, 4) is 0 Å². The Hall–Kier alpha value is -1.26. The van der Waals surface area contributed by atoms with Gasteiger partial charge in [-0.2, -0.15) is 0 Å². The van der Waals surface area contributed by atoms with Crippen LogP contribution in [0.3, 0.4) is 0 Å². The Labute approximate surface area is 103 Å².